The van der Waals surface area contributed by atoms with Crippen molar-refractivity contribution in [2.24, 2.45) is 5.92 Å². The van der Waals surface area contributed by atoms with Crippen LogP contribution in [0.4, 0.5) is 0 Å². The van der Waals surface area contributed by atoms with Crippen LogP contribution in [0.5, 0.6) is 0 Å². The monoisotopic (exact) mass is 466 g/mol. The molecule has 172 valence electrons. The largest absolute Gasteiger partial charge is 0.339 e. The maximum Gasteiger partial charge on any atom is 0.253 e. The quantitative estimate of drug-likeness (QED) is 0.685. The van der Waals surface area contributed by atoms with Gasteiger partial charge in [0.05, 0.1) is 10.5 Å². The van der Waals surface area contributed by atoms with Crippen molar-refractivity contribution in [1.29, 1.82) is 5.26 Å². The highest BCUT2D eigenvalue weighted by molar-refractivity contribution is 7.89. The van der Waals surface area contributed by atoms with E-state index < -0.39 is 10.0 Å². The van der Waals surface area contributed by atoms with Crippen LogP contribution < -0.4 is 0 Å². The minimum Gasteiger partial charge on any atom is -0.339 e. The van der Waals surface area contributed by atoms with Crippen molar-refractivity contribution in [3.8, 4) is 6.07 Å². The molecule has 2 aliphatic heterocycles. The zero-order chi connectivity index (χ0) is 23.4. The summed E-state index contributed by atoms with van der Waals surface area (Å²) in [5, 5.41) is 9.25. The fraction of sp³-hybridized carbons (Fsp3) is 0.375. The van der Waals surface area contributed by atoms with E-state index in [1.165, 1.54) is 16.4 Å². The number of carbonyl (C=O) groups is 2. The van der Waals surface area contributed by atoms with Gasteiger partial charge in [0.2, 0.25) is 15.9 Å². The first-order valence-electron chi connectivity index (χ1n) is 11.0. The third-order valence-electron chi connectivity index (χ3n) is 6.33. The molecule has 9 heteroatoms. The number of hydrogen-bond acceptors (Lipinski definition) is 5. The van der Waals surface area contributed by atoms with E-state index in [1.807, 2.05) is 24.3 Å². The average molecular weight is 467 g/mol. The molecule has 0 atom stereocenters. The molecule has 2 aliphatic rings. The van der Waals surface area contributed by atoms with E-state index in [0.717, 1.165) is 0 Å². The van der Waals surface area contributed by atoms with Gasteiger partial charge in [0.15, 0.2) is 0 Å². The van der Waals surface area contributed by atoms with E-state index in [0.29, 0.717) is 44.6 Å². The number of benzene rings is 2. The molecule has 2 fully saturated rings. The Morgan fingerprint density at radius 2 is 1.39 bits per heavy atom. The van der Waals surface area contributed by atoms with Crippen LogP contribution in [0.1, 0.15) is 28.8 Å². The molecule has 33 heavy (non-hydrogen) atoms. The highest BCUT2D eigenvalue weighted by Crippen LogP contribution is 2.27. The summed E-state index contributed by atoms with van der Waals surface area (Å²) in [7, 11) is -3.78. The highest BCUT2D eigenvalue weighted by Gasteiger charge is 2.35. The fourth-order valence-corrected chi connectivity index (χ4v) is 6.03. The first-order chi connectivity index (χ1) is 15.9. The smallest absolute Gasteiger partial charge is 0.253 e. The summed E-state index contributed by atoms with van der Waals surface area (Å²) in [6, 6.07) is 17.2. The van der Waals surface area contributed by atoms with Crippen LogP contribution in [0.15, 0.2) is 59.5 Å². The van der Waals surface area contributed by atoms with Crippen LogP contribution in [-0.2, 0) is 14.8 Å². The van der Waals surface area contributed by atoms with E-state index in [-0.39, 0.29) is 41.3 Å². The lowest BCUT2D eigenvalue weighted by molar-refractivity contribution is -0.138. The lowest BCUT2D eigenvalue weighted by atomic mass is 9.96. The second-order valence-electron chi connectivity index (χ2n) is 8.27. The Hall–Kier alpha value is -3.22. The van der Waals surface area contributed by atoms with Crippen LogP contribution in [-0.4, -0.2) is 73.6 Å². The number of piperidine rings is 1. The molecule has 4 rings (SSSR count). The summed E-state index contributed by atoms with van der Waals surface area (Å²) >= 11 is 0. The van der Waals surface area contributed by atoms with Gasteiger partial charge in [-0.15, -0.1) is 0 Å². The van der Waals surface area contributed by atoms with Gasteiger partial charge in [-0.2, -0.15) is 9.57 Å². The number of nitrogens with zero attached hydrogens (tertiary/aromatic N) is 4. The van der Waals surface area contributed by atoms with Gasteiger partial charge in [-0.25, -0.2) is 8.42 Å². The second-order valence-corrected chi connectivity index (χ2v) is 10.2. The Bertz CT molecular complexity index is 1160. The molecule has 0 saturated carbocycles. The minimum atomic E-state index is -3.78. The second kappa shape index (κ2) is 9.73. The van der Waals surface area contributed by atoms with Crippen molar-refractivity contribution in [3.05, 3.63) is 65.7 Å². The normalized spacial score (nSPS) is 18.0. The molecular formula is C24H26N4O4S. The van der Waals surface area contributed by atoms with Gasteiger partial charge in [-0.3, -0.25) is 9.59 Å². The molecule has 2 aromatic rings. The lowest BCUT2D eigenvalue weighted by Crippen LogP contribution is -2.53. The van der Waals surface area contributed by atoms with Gasteiger partial charge >= 0.3 is 0 Å². The van der Waals surface area contributed by atoms with Crippen LogP contribution in [0.25, 0.3) is 0 Å². The molecule has 0 aromatic heterocycles. The summed E-state index contributed by atoms with van der Waals surface area (Å²) in [4.78, 5) is 29.2. The van der Waals surface area contributed by atoms with Crippen LogP contribution in [0.3, 0.4) is 0 Å². The van der Waals surface area contributed by atoms with Gasteiger partial charge in [0.25, 0.3) is 5.91 Å². The summed E-state index contributed by atoms with van der Waals surface area (Å²) in [6.07, 6.45) is 0.881. The molecule has 2 saturated heterocycles. The van der Waals surface area contributed by atoms with Gasteiger partial charge in [-0.05, 0) is 37.1 Å². The van der Waals surface area contributed by atoms with Crippen molar-refractivity contribution in [2.75, 3.05) is 39.3 Å². The predicted molar refractivity (Wildman–Crippen MR) is 122 cm³/mol. The number of hydrogen-bond donors (Lipinski definition) is 0. The fourth-order valence-electron chi connectivity index (χ4n) is 4.42. The standard InChI is InChI=1S/C24H26N4O4S/c25-18-21-8-4-5-9-22(21)33(31,32)28-12-10-20(11-13-28)24(30)27-16-14-26(15-17-27)23(29)19-6-2-1-3-7-19/h1-9,20H,10-17H2. The van der Waals surface area contributed by atoms with Gasteiger partial charge < -0.3 is 9.80 Å². The Morgan fingerprint density at radius 3 is 2.03 bits per heavy atom. The lowest BCUT2D eigenvalue weighted by Gasteiger charge is -2.38. The average Bonchev–Trinajstić information content (AvgIpc) is 2.88. The number of carbonyl (C=O) groups excluding carboxylic acids is 2. The molecule has 0 N–H and O–H groups in total. The Labute approximate surface area is 194 Å². The number of rotatable bonds is 4. The van der Waals surface area contributed by atoms with Crippen LogP contribution >= 0.6 is 0 Å². The molecule has 2 aromatic carbocycles. The summed E-state index contributed by atoms with van der Waals surface area (Å²) in [5.41, 5.74) is 0.766. The third-order valence-corrected chi connectivity index (χ3v) is 8.28. The number of nitriles is 1. The van der Waals surface area contributed by atoms with Crippen molar-refractivity contribution in [3.63, 3.8) is 0 Å². The van der Waals surface area contributed by atoms with E-state index in [4.69, 9.17) is 0 Å². The Kier molecular flexibility index (Phi) is 6.77. The maximum absolute atomic E-state index is 13.0. The molecular weight excluding hydrogens is 440 g/mol. The zero-order valence-electron chi connectivity index (χ0n) is 18.3. The van der Waals surface area contributed by atoms with Crippen molar-refractivity contribution >= 4 is 21.8 Å². The first-order valence-corrected chi connectivity index (χ1v) is 12.5. The molecule has 0 spiro atoms. The molecule has 8 nitrogen and oxygen atoms in total. The van der Waals surface area contributed by atoms with Crippen molar-refractivity contribution in [1.82, 2.24) is 14.1 Å². The van der Waals surface area contributed by atoms with Crippen LogP contribution in [0, 0.1) is 17.2 Å². The summed E-state index contributed by atoms with van der Waals surface area (Å²) < 4.78 is 27.4. The molecule has 2 amide bonds. The minimum absolute atomic E-state index is 0.0106. The number of amides is 2. The van der Waals surface area contributed by atoms with E-state index in [1.54, 1.807) is 34.1 Å². The first kappa shape index (κ1) is 23.0. The molecule has 0 unspecified atom stereocenters. The van der Waals surface area contributed by atoms with E-state index in [9.17, 15) is 23.3 Å². The van der Waals surface area contributed by atoms with Gasteiger partial charge in [-0.1, -0.05) is 30.3 Å². The Morgan fingerprint density at radius 1 is 0.818 bits per heavy atom. The Balaban J connectivity index is 1.32. The van der Waals surface area contributed by atoms with E-state index in [2.05, 4.69) is 0 Å². The molecule has 0 bridgehead atoms. The third kappa shape index (κ3) is 4.77. The molecule has 0 radical (unpaired) electrons. The van der Waals surface area contributed by atoms with E-state index >= 15 is 0 Å². The van der Waals surface area contributed by atoms with Crippen molar-refractivity contribution in [2.45, 2.75) is 17.7 Å². The topological polar surface area (TPSA) is 102 Å². The van der Waals surface area contributed by atoms with Gasteiger partial charge in [0.1, 0.15) is 6.07 Å². The number of sulfonamides is 1. The summed E-state index contributed by atoms with van der Waals surface area (Å²) in [5.74, 6) is -0.241. The zero-order valence-corrected chi connectivity index (χ0v) is 19.1. The van der Waals surface area contributed by atoms with Gasteiger partial charge in [0, 0.05) is 50.7 Å². The van der Waals surface area contributed by atoms with Crippen LogP contribution in [0.2, 0.25) is 0 Å². The number of piperazine rings is 1. The predicted octanol–water partition coefficient (Wildman–Crippen LogP) is 1.94. The van der Waals surface area contributed by atoms with Crippen molar-refractivity contribution < 1.29 is 18.0 Å². The summed E-state index contributed by atoms with van der Waals surface area (Å²) in [6.45, 7) is 2.40. The maximum atomic E-state index is 13.0. The molecule has 0 aliphatic carbocycles. The highest BCUT2D eigenvalue weighted by atomic mass is 32.2. The SMILES string of the molecule is N#Cc1ccccc1S(=O)(=O)N1CCC(C(=O)N2CCN(C(=O)c3ccccc3)CC2)CC1. The molecule has 2 heterocycles.